The zero-order valence-electron chi connectivity index (χ0n) is 20.8. The Bertz CT molecular complexity index is 1420. The molecular formula is C29H28N4O3. The standard InChI is InChI=1S/C29H28N4O3/c1-18-10-11-23(16-19(18)2)26-25(20(3)33(29(34)30-26)17-21-8-6-5-7-9-21)28-31-27(32-36-28)22-12-14-24(35-4)15-13-22/h5-16,26H,17H2,1-4H3,(H,30,34). The lowest BCUT2D eigenvalue weighted by Gasteiger charge is -2.35. The van der Waals surface area contributed by atoms with Crippen molar-refractivity contribution in [3.8, 4) is 17.1 Å². The van der Waals surface area contributed by atoms with Crippen molar-refractivity contribution in [1.82, 2.24) is 20.4 Å². The van der Waals surface area contributed by atoms with E-state index in [1.165, 1.54) is 5.56 Å². The third kappa shape index (κ3) is 4.47. The maximum atomic E-state index is 13.3. The normalized spacial score (nSPS) is 15.7. The van der Waals surface area contributed by atoms with Crippen LogP contribution in [-0.2, 0) is 6.54 Å². The highest BCUT2D eigenvalue weighted by atomic mass is 16.5. The van der Waals surface area contributed by atoms with Crippen LogP contribution in [0.1, 0.15) is 41.1 Å². The molecule has 0 aliphatic carbocycles. The molecule has 36 heavy (non-hydrogen) atoms. The number of carbonyl (C=O) groups is 1. The van der Waals surface area contributed by atoms with Crippen LogP contribution < -0.4 is 10.1 Å². The smallest absolute Gasteiger partial charge is 0.322 e. The summed E-state index contributed by atoms with van der Waals surface area (Å²) in [4.78, 5) is 19.8. The second-order valence-electron chi connectivity index (χ2n) is 8.95. The molecule has 0 spiro atoms. The van der Waals surface area contributed by atoms with E-state index in [0.29, 0.717) is 18.3 Å². The van der Waals surface area contributed by atoms with Crippen LogP contribution in [0, 0.1) is 13.8 Å². The van der Waals surface area contributed by atoms with Gasteiger partial charge in [-0.05, 0) is 67.3 Å². The molecule has 4 aromatic rings. The minimum absolute atomic E-state index is 0.168. The Morgan fingerprint density at radius 3 is 2.42 bits per heavy atom. The maximum absolute atomic E-state index is 13.3. The van der Waals surface area contributed by atoms with Gasteiger partial charge in [-0.3, -0.25) is 4.90 Å². The van der Waals surface area contributed by atoms with Crippen LogP contribution in [0.3, 0.4) is 0 Å². The third-order valence-corrected chi connectivity index (χ3v) is 6.65. The summed E-state index contributed by atoms with van der Waals surface area (Å²) in [6, 6.07) is 23.0. The molecule has 0 fully saturated rings. The fraction of sp³-hybridized carbons (Fsp3) is 0.207. The number of aromatic nitrogens is 2. The summed E-state index contributed by atoms with van der Waals surface area (Å²) >= 11 is 0. The zero-order valence-corrected chi connectivity index (χ0v) is 20.8. The number of carbonyl (C=O) groups excluding carboxylic acids is 1. The molecule has 1 N–H and O–H groups in total. The third-order valence-electron chi connectivity index (χ3n) is 6.65. The number of urea groups is 1. The van der Waals surface area contributed by atoms with E-state index in [9.17, 15) is 4.79 Å². The molecular weight excluding hydrogens is 452 g/mol. The fourth-order valence-corrected chi connectivity index (χ4v) is 4.40. The molecule has 1 aliphatic heterocycles. The van der Waals surface area contributed by atoms with Crippen LogP contribution in [0.15, 0.2) is 83.0 Å². The molecule has 1 unspecified atom stereocenters. The van der Waals surface area contributed by atoms with Crippen LogP contribution in [-0.4, -0.2) is 28.2 Å². The molecule has 1 aromatic heterocycles. The topological polar surface area (TPSA) is 80.5 Å². The first kappa shape index (κ1) is 23.4. The lowest BCUT2D eigenvalue weighted by Crippen LogP contribution is -2.45. The van der Waals surface area contributed by atoms with Crippen LogP contribution in [0.5, 0.6) is 5.75 Å². The molecule has 2 amide bonds. The second kappa shape index (κ2) is 9.70. The average Bonchev–Trinajstić information content (AvgIpc) is 3.38. The number of hydrogen-bond donors (Lipinski definition) is 1. The molecule has 7 nitrogen and oxygen atoms in total. The Hall–Kier alpha value is -4.39. The van der Waals surface area contributed by atoms with Crippen LogP contribution >= 0.6 is 0 Å². The van der Waals surface area contributed by atoms with E-state index in [1.54, 1.807) is 12.0 Å². The molecule has 1 aliphatic rings. The Kier molecular flexibility index (Phi) is 6.29. The number of nitrogens with zero attached hydrogens (tertiary/aromatic N) is 3. The Balaban J connectivity index is 1.59. The van der Waals surface area contributed by atoms with Gasteiger partial charge in [0.25, 0.3) is 5.89 Å². The first-order valence-electron chi connectivity index (χ1n) is 11.8. The van der Waals surface area contributed by atoms with E-state index >= 15 is 0 Å². The molecule has 0 saturated carbocycles. The van der Waals surface area contributed by atoms with Crippen LogP contribution in [0.25, 0.3) is 17.0 Å². The second-order valence-corrected chi connectivity index (χ2v) is 8.95. The summed E-state index contributed by atoms with van der Waals surface area (Å²) in [6.45, 7) is 6.50. The summed E-state index contributed by atoms with van der Waals surface area (Å²) in [5.74, 6) is 1.60. The first-order chi connectivity index (χ1) is 17.4. The number of benzene rings is 3. The van der Waals surface area contributed by atoms with Crippen molar-refractivity contribution in [2.75, 3.05) is 7.11 Å². The molecule has 0 saturated heterocycles. The highest BCUT2D eigenvalue weighted by molar-refractivity contribution is 5.87. The van der Waals surface area contributed by atoms with Crippen molar-refractivity contribution >= 4 is 11.6 Å². The van der Waals surface area contributed by atoms with E-state index in [-0.39, 0.29) is 6.03 Å². The van der Waals surface area contributed by atoms with Crippen molar-refractivity contribution < 1.29 is 14.1 Å². The Morgan fingerprint density at radius 1 is 0.972 bits per heavy atom. The van der Waals surface area contributed by atoms with Gasteiger partial charge in [0, 0.05) is 11.3 Å². The predicted molar refractivity (Wildman–Crippen MR) is 138 cm³/mol. The number of allylic oxidation sites excluding steroid dienone is 1. The zero-order chi connectivity index (χ0) is 25.2. The van der Waals surface area contributed by atoms with E-state index in [2.05, 4.69) is 36.5 Å². The van der Waals surface area contributed by atoms with Crippen molar-refractivity contribution in [2.45, 2.75) is 33.4 Å². The summed E-state index contributed by atoms with van der Waals surface area (Å²) in [7, 11) is 1.63. The highest BCUT2D eigenvalue weighted by Gasteiger charge is 2.36. The number of aryl methyl sites for hydroxylation is 2. The SMILES string of the molecule is COc1ccc(-c2noc(C3=C(C)N(Cc4ccccc4)C(=O)NC3c3ccc(C)c(C)c3)n2)cc1. The van der Waals surface area contributed by atoms with Gasteiger partial charge >= 0.3 is 6.03 Å². The summed E-state index contributed by atoms with van der Waals surface area (Å²) < 4.78 is 11.1. The van der Waals surface area contributed by atoms with Crippen LogP contribution in [0.4, 0.5) is 4.79 Å². The van der Waals surface area contributed by atoms with Crippen molar-refractivity contribution in [3.05, 3.63) is 107 Å². The van der Waals surface area contributed by atoms with Crippen molar-refractivity contribution in [1.29, 1.82) is 0 Å². The highest BCUT2D eigenvalue weighted by Crippen LogP contribution is 2.38. The number of hydrogen-bond acceptors (Lipinski definition) is 5. The van der Waals surface area contributed by atoms with E-state index < -0.39 is 6.04 Å². The first-order valence-corrected chi connectivity index (χ1v) is 11.8. The number of amides is 2. The van der Waals surface area contributed by atoms with E-state index in [0.717, 1.165) is 39.3 Å². The van der Waals surface area contributed by atoms with Gasteiger partial charge in [-0.15, -0.1) is 0 Å². The molecule has 3 aromatic carbocycles. The number of rotatable bonds is 6. The van der Waals surface area contributed by atoms with Gasteiger partial charge < -0.3 is 14.6 Å². The van der Waals surface area contributed by atoms with Gasteiger partial charge in [0.05, 0.1) is 25.3 Å². The number of methoxy groups -OCH3 is 1. The molecule has 182 valence electrons. The lowest BCUT2D eigenvalue weighted by molar-refractivity contribution is 0.203. The molecule has 0 radical (unpaired) electrons. The van der Waals surface area contributed by atoms with E-state index in [4.69, 9.17) is 14.2 Å². The van der Waals surface area contributed by atoms with Gasteiger partial charge in [-0.25, -0.2) is 4.79 Å². The quantitative estimate of drug-likeness (QED) is 0.363. The molecule has 2 heterocycles. The number of nitrogens with one attached hydrogen (secondary N) is 1. The monoisotopic (exact) mass is 480 g/mol. The molecule has 0 bridgehead atoms. The lowest BCUT2D eigenvalue weighted by atomic mass is 9.92. The van der Waals surface area contributed by atoms with Gasteiger partial charge in [-0.1, -0.05) is 53.7 Å². The van der Waals surface area contributed by atoms with Gasteiger partial charge in [0.1, 0.15) is 5.75 Å². The largest absolute Gasteiger partial charge is 0.497 e. The van der Waals surface area contributed by atoms with Crippen LogP contribution in [0.2, 0.25) is 0 Å². The van der Waals surface area contributed by atoms with Gasteiger partial charge in [-0.2, -0.15) is 4.98 Å². The summed E-state index contributed by atoms with van der Waals surface area (Å²) in [5, 5.41) is 7.42. The Morgan fingerprint density at radius 2 is 1.72 bits per heavy atom. The molecule has 1 atom stereocenters. The average molecular weight is 481 g/mol. The molecule has 5 rings (SSSR count). The van der Waals surface area contributed by atoms with Gasteiger partial charge in [0.2, 0.25) is 5.82 Å². The summed E-state index contributed by atoms with van der Waals surface area (Å²) in [6.07, 6.45) is 0. The van der Waals surface area contributed by atoms with E-state index in [1.807, 2.05) is 67.6 Å². The Labute approximate surface area is 210 Å². The fourth-order valence-electron chi connectivity index (χ4n) is 4.40. The maximum Gasteiger partial charge on any atom is 0.322 e. The van der Waals surface area contributed by atoms with Gasteiger partial charge in [0.15, 0.2) is 0 Å². The summed E-state index contributed by atoms with van der Waals surface area (Å²) in [5.41, 5.74) is 6.69. The molecule has 7 heteroatoms. The van der Waals surface area contributed by atoms with Crippen molar-refractivity contribution in [2.24, 2.45) is 0 Å². The predicted octanol–water partition coefficient (Wildman–Crippen LogP) is 6.06. The minimum atomic E-state index is -0.423. The van der Waals surface area contributed by atoms with Crippen molar-refractivity contribution in [3.63, 3.8) is 0 Å². The number of ether oxygens (including phenoxy) is 1. The minimum Gasteiger partial charge on any atom is -0.497 e.